The summed E-state index contributed by atoms with van der Waals surface area (Å²) in [5.74, 6) is 0.668. The minimum atomic E-state index is -0.175. The van der Waals surface area contributed by atoms with Gasteiger partial charge in [0.25, 0.3) is 0 Å². The van der Waals surface area contributed by atoms with E-state index < -0.39 is 0 Å². The van der Waals surface area contributed by atoms with Crippen molar-refractivity contribution in [2.24, 2.45) is 0 Å². The number of nitrogen functional groups attached to an aromatic ring is 2. The highest BCUT2D eigenvalue weighted by atomic mass is 16.5. The number of anilines is 2. The third-order valence-electron chi connectivity index (χ3n) is 4.67. The summed E-state index contributed by atoms with van der Waals surface area (Å²) in [6.45, 7) is 0. The first kappa shape index (κ1) is 18.3. The molecule has 0 aliphatic heterocycles. The van der Waals surface area contributed by atoms with Crippen LogP contribution in [0.3, 0.4) is 0 Å². The fourth-order valence-corrected chi connectivity index (χ4v) is 3.14. The molecule has 0 unspecified atom stereocenters. The van der Waals surface area contributed by atoms with Crippen molar-refractivity contribution >= 4 is 17.2 Å². The van der Waals surface area contributed by atoms with Crippen LogP contribution in [0, 0.1) is 0 Å². The third-order valence-corrected chi connectivity index (χ3v) is 4.67. The minimum Gasteiger partial charge on any atom is -0.454 e. The van der Waals surface area contributed by atoms with E-state index in [0.717, 1.165) is 11.1 Å². The molecule has 0 amide bonds. The number of hydrogen-bond donors (Lipinski definition) is 2. The van der Waals surface area contributed by atoms with E-state index in [0.29, 0.717) is 22.6 Å². The van der Waals surface area contributed by atoms with Crippen molar-refractivity contribution in [2.45, 2.75) is 0 Å². The molecule has 142 valence electrons. The SMILES string of the molecule is Nc1ccc(C(=O)c2ccccc2)c(Oc2cccc(-c3ccccc3)c2)c1N. The van der Waals surface area contributed by atoms with Crippen LogP contribution in [0.15, 0.2) is 97.1 Å². The van der Waals surface area contributed by atoms with E-state index in [1.807, 2.05) is 72.8 Å². The lowest BCUT2D eigenvalue weighted by molar-refractivity contribution is 0.103. The molecule has 0 aliphatic carbocycles. The van der Waals surface area contributed by atoms with Gasteiger partial charge in [0, 0.05) is 5.56 Å². The summed E-state index contributed by atoms with van der Waals surface area (Å²) in [6, 6.07) is 29.9. The van der Waals surface area contributed by atoms with Gasteiger partial charge in [-0.3, -0.25) is 4.79 Å². The number of rotatable bonds is 5. The standard InChI is InChI=1S/C25H20N2O2/c26-22-15-14-21(24(28)18-10-5-2-6-11-18)25(23(22)27)29-20-13-7-12-19(16-20)17-8-3-1-4-9-17/h1-16H,26-27H2. The molecule has 4 heteroatoms. The number of hydrogen-bond acceptors (Lipinski definition) is 4. The Kier molecular flexibility index (Phi) is 4.99. The molecule has 4 N–H and O–H groups in total. The van der Waals surface area contributed by atoms with Crippen molar-refractivity contribution < 1.29 is 9.53 Å². The Bertz CT molecular complexity index is 1160. The average molecular weight is 380 g/mol. The highest BCUT2D eigenvalue weighted by Gasteiger charge is 2.19. The summed E-state index contributed by atoms with van der Waals surface area (Å²) in [5.41, 5.74) is 15.8. The summed E-state index contributed by atoms with van der Waals surface area (Å²) < 4.78 is 6.10. The number of carbonyl (C=O) groups is 1. The van der Waals surface area contributed by atoms with Crippen LogP contribution in [-0.4, -0.2) is 5.78 Å². The molecule has 0 atom stereocenters. The highest BCUT2D eigenvalue weighted by molar-refractivity contribution is 6.12. The first-order valence-corrected chi connectivity index (χ1v) is 9.24. The van der Waals surface area contributed by atoms with Crippen LogP contribution < -0.4 is 16.2 Å². The minimum absolute atomic E-state index is 0.175. The maximum Gasteiger partial charge on any atom is 0.196 e. The topological polar surface area (TPSA) is 78.3 Å². The van der Waals surface area contributed by atoms with Crippen LogP contribution in [0.25, 0.3) is 11.1 Å². The van der Waals surface area contributed by atoms with Crippen molar-refractivity contribution in [1.82, 2.24) is 0 Å². The second-order valence-electron chi connectivity index (χ2n) is 6.64. The van der Waals surface area contributed by atoms with E-state index in [4.69, 9.17) is 16.2 Å². The molecule has 4 nitrogen and oxygen atoms in total. The van der Waals surface area contributed by atoms with E-state index in [9.17, 15) is 4.79 Å². The Morgan fingerprint density at radius 2 is 1.34 bits per heavy atom. The Hall–Kier alpha value is -4.05. The molecular formula is C25H20N2O2. The smallest absolute Gasteiger partial charge is 0.196 e. The number of benzene rings is 4. The predicted octanol–water partition coefficient (Wildman–Crippen LogP) is 5.54. The normalized spacial score (nSPS) is 10.5. The van der Waals surface area contributed by atoms with E-state index >= 15 is 0 Å². The molecule has 0 radical (unpaired) electrons. The highest BCUT2D eigenvalue weighted by Crippen LogP contribution is 2.37. The zero-order valence-electron chi connectivity index (χ0n) is 15.7. The Balaban J connectivity index is 1.74. The summed E-state index contributed by atoms with van der Waals surface area (Å²) in [7, 11) is 0. The van der Waals surface area contributed by atoms with E-state index in [2.05, 4.69) is 0 Å². The third kappa shape index (κ3) is 3.82. The zero-order valence-corrected chi connectivity index (χ0v) is 15.7. The molecule has 4 rings (SSSR count). The quantitative estimate of drug-likeness (QED) is 0.352. The van der Waals surface area contributed by atoms with Gasteiger partial charge in [-0.2, -0.15) is 0 Å². The maximum atomic E-state index is 13.0. The monoisotopic (exact) mass is 380 g/mol. The Labute approximate surface area is 169 Å². The molecule has 0 saturated heterocycles. The molecule has 0 bridgehead atoms. The van der Waals surface area contributed by atoms with Gasteiger partial charge in [-0.05, 0) is 35.4 Å². The number of nitrogens with two attached hydrogens (primary N) is 2. The fraction of sp³-hybridized carbons (Fsp3) is 0. The summed E-state index contributed by atoms with van der Waals surface area (Å²) in [4.78, 5) is 13.0. The molecule has 0 aromatic heterocycles. The molecule has 4 aromatic rings. The van der Waals surface area contributed by atoms with Gasteiger partial charge in [-0.15, -0.1) is 0 Å². The van der Waals surface area contributed by atoms with Gasteiger partial charge in [0.05, 0.1) is 16.9 Å². The lowest BCUT2D eigenvalue weighted by Gasteiger charge is -2.15. The molecule has 29 heavy (non-hydrogen) atoms. The molecular weight excluding hydrogens is 360 g/mol. The largest absolute Gasteiger partial charge is 0.454 e. The van der Waals surface area contributed by atoms with E-state index in [1.54, 1.807) is 24.3 Å². The summed E-state index contributed by atoms with van der Waals surface area (Å²) in [5, 5.41) is 0. The van der Waals surface area contributed by atoms with Gasteiger partial charge in [0.15, 0.2) is 11.5 Å². The van der Waals surface area contributed by atoms with Crippen molar-refractivity contribution in [1.29, 1.82) is 0 Å². The first-order valence-electron chi connectivity index (χ1n) is 9.24. The van der Waals surface area contributed by atoms with Crippen LogP contribution in [0.1, 0.15) is 15.9 Å². The van der Waals surface area contributed by atoms with Crippen molar-refractivity contribution in [3.05, 3.63) is 108 Å². The van der Waals surface area contributed by atoms with E-state index in [-0.39, 0.29) is 17.2 Å². The zero-order chi connectivity index (χ0) is 20.2. The Morgan fingerprint density at radius 3 is 2.07 bits per heavy atom. The second kappa shape index (κ2) is 7.90. The van der Waals surface area contributed by atoms with Crippen LogP contribution in [0.4, 0.5) is 11.4 Å². The lowest BCUT2D eigenvalue weighted by Crippen LogP contribution is -2.07. The van der Waals surface area contributed by atoms with Gasteiger partial charge in [-0.1, -0.05) is 72.8 Å². The van der Waals surface area contributed by atoms with Gasteiger partial charge in [0.2, 0.25) is 0 Å². The average Bonchev–Trinajstić information content (AvgIpc) is 2.78. The number of carbonyl (C=O) groups excluding carboxylic acids is 1. The van der Waals surface area contributed by atoms with Gasteiger partial charge in [0.1, 0.15) is 5.75 Å². The maximum absolute atomic E-state index is 13.0. The van der Waals surface area contributed by atoms with Crippen molar-refractivity contribution in [2.75, 3.05) is 11.5 Å². The Morgan fingerprint density at radius 1 is 0.690 bits per heavy atom. The fourth-order valence-electron chi connectivity index (χ4n) is 3.14. The van der Waals surface area contributed by atoms with Crippen LogP contribution in [0.5, 0.6) is 11.5 Å². The van der Waals surface area contributed by atoms with E-state index in [1.165, 1.54) is 0 Å². The second-order valence-corrected chi connectivity index (χ2v) is 6.64. The van der Waals surface area contributed by atoms with Crippen LogP contribution in [-0.2, 0) is 0 Å². The van der Waals surface area contributed by atoms with Gasteiger partial charge in [-0.25, -0.2) is 0 Å². The summed E-state index contributed by atoms with van der Waals surface area (Å²) >= 11 is 0. The molecule has 0 fully saturated rings. The van der Waals surface area contributed by atoms with Crippen LogP contribution in [0.2, 0.25) is 0 Å². The molecule has 0 saturated carbocycles. The van der Waals surface area contributed by atoms with Gasteiger partial charge < -0.3 is 16.2 Å². The van der Waals surface area contributed by atoms with Crippen LogP contribution >= 0.6 is 0 Å². The van der Waals surface area contributed by atoms with Crippen molar-refractivity contribution in [3.8, 4) is 22.6 Å². The molecule has 0 aliphatic rings. The van der Waals surface area contributed by atoms with Gasteiger partial charge >= 0.3 is 0 Å². The lowest BCUT2D eigenvalue weighted by atomic mass is 10.0. The predicted molar refractivity (Wildman–Crippen MR) is 117 cm³/mol. The number of ketones is 1. The molecule has 4 aromatic carbocycles. The van der Waals surface area contributed by atoms with Crippen molar-refractivity contribution in [3.63, 3.8) is 0 Å². The molecule has 0 heterocycles. The number of ether oxygens (including phenoxy) is 1. The molecule has 0 spiro atoms. The summed E-state index contributed by atoms with van der Waals surface area (Å²) in [6.07, 6.45) is 0. The first-order chi connectivity index (χ1) is 14.1.